The molecule has 0 bridgehead atoms. The van der Waals surface area contributed by atoms with Crippen molar-refractivity contribution in [2.24, 2.45) is 7.05 Å². The van der Waals surface area contributed by atoms with Gasteiger partial charge in [-0.25, -0.2) is 0 Å². The van der Waals surface area contributed by atoms with E-state index in [0.29, 0.717) is 5.69 Å². The van der Waals surface area contributed by atoms with Crippen molar-refractivity contribution >= 4 is 0 Å². The summed E-state index contributed by atoms with van der Waals surface area (Å²) in [5, 5.41) is 4.21. The topological polar surface area (TPSA) is 61.9 Å². The lowest BCUT2D eigenvalue weighted by molar-refractivity contribution is 0.294. The summed E-state index contributed by atoms with van der Waals surface area (Å²) in [5.74, 6) is 0.284. The van der Waals surface area contributed by atoms with Crippen LogP contribution in [0.15, 0.2) is 59.9 Å². The molecule has 3 heterocycles. The Morgan fingerprint density at radius 2 is 2.10 bits per heavy atom. The molecule has 0 N–H and O–H groups in total. The fraction of sp³-hybridized carbons (Fsp3) is 0.133. The molecular formula is C15H14N4O2. The summed E-state index contributed by atoms with van der Waals surface area (Å²) < 4.78 is 8.76. The van der Waals surface area contributed by atoms with Gasteiger partial charge in [0.15, 0.2) is 5.75 Å². The van der Waals surface area contributed by atoms with Gasteiger partial charge in [-0.2, -0.15) is 5.10 Å². The minimum atomic E-state index is -0.221. The van der Waals surface area contributed by atoms with Crippen molar-refractivity contribution in [3.63, 3.8) is 0 Å². The molecule has 3 aromatic heterocycles. The van der Waals surface area contributed by atoms with Gasteiger partial charge in [0, 0.05) is 25.6 Å². The van der Waals surface area contributed by atoms with E-state index in [9.17, 15) is 4.79 Å². The highest BCUT2D eigenvalue weighted by atomic mass is 16.5. The summed E-state index contributed by atoms with van der Waals surface area (Å²) in [4.78, 5) is 16.4. The average molecular weight is 282 g/mol. The fourth-order valence-electron chi connectivity index (χ4n) is 1.98. The molecule has 3 aromatic rings. The van der Waals surface area contributed by atoms with E-state index in [1.807, 2.05) is 25.4 Å². The Balaban J connectivity index is 1.85. The van der Waals surface area contributed by atoms with E-state index in [4.69, 9.17) is 4.74 Å². The molecule has 106 valence electrons. The maximum absolute atomic E-state index is 12.4. The Hall–Kier alpha value is -2.89. The Morgan fingerprint density at radius 1 is 1.19 bits per heavy atom. The third-order valence-electron chi connectivity index (χ3n) is 2.98. The lowest BCUT2D eigenvalue weighted by atomic mass is 10.3. The van der Waals surface area contributed by atoms with Crippen LogP contribution in [-0.4, -0.2) is 19.3 Å². The van der Waals surface area contributed by atoms with Crippen LogP contribution in [0.4, 0.5) is 0 Å². The van der Waals surface area contributed by atoms with Crippen LogP contribution in [0.25, 0.3) is 5.69 Å². The third kappa shape index (κ3) is 2.84. The minimum Gasteiger partial charge on any atom is -0.481 e. The molecular weight excluding hydrogens is 268 g/mol. The average Bonchev–Trinajstić information content (AvgIpc) is 2.93. The summed E-state index contributed by atoms with van der Waals surface area (Å²) in [5.41, 5.74) is 1.25. The van der Waals surface area contributed by atoms with Gasteiger partial charge in [-0.3, -0.25) is 19.0 Å². The van der Waals surface area contributed by atoms with Gasteiger partial charge in [0.1, 0.15) is 6.61 Å². The van der Waals surface area contributed by atoms with Crippen molar-refractivity contribution in [1.29, 1.82) is 0 Å². The second-order valence-electron chi connectivity index (χ2n) is 4.53. The van der Waals surface area contributed by atoms with Crippen LogP contribution in [0.1, 0.15) is 5.69 Å². The van der Waals surface area contributed by atoms with E-state index in [-0.39, 0.29) is 17.9 Å². The Kier molecular flexibility index (Phi) is 3.51. The molecule has 0 radical (unpaired) electrons. The van der Waals surface area contributed by atoms with E-state index in [0.717, 1.165) is 5.69 Å². The molecule has 0 amide bonds. The second kappa shape index (κ2) is 5.62. The summed E-state index contributed by atoms with van der Waals surface area (Å²) in [6.45, 7) is 0.257. The third-order valence-corrected chi connectivity index (χ3v) is 2.98. The van der Waals surface area contributed by atoms with Gasteiger partial charge in [0.05, 0.1) is 17.6 Å². The molecule has 0 fully saturated rings. The van der Waals surface area contributed by atoms with Gasteiger partial charge in [-0.15, -0.1) is 0 Å². The Morgan fingerprint density at radius 3 is 2.81 bits per heavy atom. The second-order valence-corrected chi connectivity index (χ2v) is 4.53. The van der Waals surface area contributed by atoms with E-state index < -0.39 is 0 Å². The van der Waals surface area contributed by atoms with E-state index in [1.165, 1.54) is 4.57 Å². The number of ether oxygens (including phenoxy) is 1. The fourth-order valence-corrected chi connectivity index (χ4v) is 1.98. The Labute approximate surface area is 121 Å². The lowest BCUT2D eigenvalue weighted by Crippen LogP contribution is -2.19. The van der Waals surface area contributed by atoms with Crippen molar-refractivity contribution in [2.45, 2.75) is 6.61 Å². The van der Waals surface area contributed by atoms with Crippen molar-refractivity contribution in [3.8, 4) is 11.4 Å². The quantitative estimate of drug-likeness (QED) is 0.728. The van der Waals surface area contributed by atoms with Gasteiger partial charge >= 0.3 is 0 Å². The SMILES string of the molecule is Cn1ccc(COc2cccn(-c3cccnc3)c2=O)n1. The van der Waals surface area contributed by atoms with Crippen LogP contribution in [-0.2, 0) is 13.7 Å². The first-order valence-corrected chi connectivity index (χ1v) is 6.47. The molecule has 0 aromatic carbocycles. The first kappa shape index (κ1) is 13.1. The summed E-state index contributed by atoms with van der Waals surface area (Å²) in [6.07, 6.45) is 6.81. The molecule has 6 heteroatoms. The molecule has 0 saturated heterocycles. The van der Waals surface area contributed by atoms with Crippen LogP contribution >= 0.6 is 0 Å². The monoisotopic (exact) mass is 282 g/mol. The number of hydrogen-bond donors (Lipinski definition) is 0. The molecule has 0 unspecified atom stereocenters. The van der Waals surface area contributed by atoms with E-state index in [1.54, 1.807) is 41.5 Å². The minimum absolute atomic E-state index is 0.221. The Bertz CT molecular complexity index is 793. The molecule has 0 spiro atoms. The molecule has 6 nitrogen and oxygen atoms in total. The van der Waals surface area contributed by atoms with Crippen molar-refractivity contribution in [1.82, 2.24) is 19.3 Å². The molecule has 3 rings (SSSR count). The van der Waals surface area contributed by atoms with Gasteiger partial charge in [-0.1, -0.05) is 0 Å². The highest BCUT2D eigenvalue weighted by Gasteiger charge is 2.07. The predicted molar refractivity (Wildman–Crippen MR) is 77.4 cm³/mol. The van der Waals surface area contributed by atoms with Gasteiger partial charge in [0.2, 0.25) is 0 Å². The molecule has 0 saturated carbocycles. The number of aryl methyl sites for hydroxylation is 1. The number of pyridine rings is 2. The van der Waals surface area contributed by atoms with Gasteiger partial charge in [0.25, 0.3) is 5.56 Å². The van der Waals surface area contributed by atoms with E-state index >= 15 is 0 Å². The van der Waals surface area contributed by atoms with Crippen LogP contribution < -0.4 is 10.3 Å². The summed E-state index contributed by atoms with van der Waals surface area (Å²) >= 11 is 0. The molecule has 0 atom stereocenters. The maximum atomic E-state index is 12.4. The van der Waals surface area contributed by atoms with Crippen LogP contribution in [0, 0.1) is 0 Å². The smallest absolute Gasteiger partial charge is 0.297 e. The number of rotatable bonds is 4. The highest BCUT2D eigenvalue weighted by molar-refractivity contribution is 5.31. The highest BCUT2D eigenvalue weighted by Crippen LogP contribution is 2.09. The zero-order valence-electron chi connectivity index (χ0n) is 11.5. The normalized spacial score (nSPS) is 10.5. The van der Waals surface area contributed by atoms with Crippen molar-refractivity contribution < 1.29 is 4.74 Å². The van der Waals surface area contributed by atoms with Crippen molar-refractivity contribution in [3.05, 3.63) is 71.2 Å². The summed E-state index contributed by atoms with van der Waals surface area (Å²) in [7, 11) is 1.83. The number of nitrogens with zero attached hydrogens (tertiary/aromatic N) is 4. The van der Waals surface area contributed by atoms with Crippen molar-refractivity contribution in [2.75, 3.05) is 0 Å². The predicted octanol–water partition coefficient (Wildman–Crippen LogP) is 1.54. The lowest BCUT2D eigenvalue weighted by Gasteiger charge is -2.08. The van der Waals surface area contributed by atoms with E-state index in [2.05, 4.69) is 10.1 Å². The number of aromatic nitrogens is 4. The van der Waals surface area contributed by atoms with Crippen LogP contribution in [0.3, 0.4) is 0 Å². The maximum Gasteiger partial charge on any atom is 0.297 e. The summed E-state index contributed by atoms with van der Waals surface area (Å²) in [6, 6.07) is 8.86. The molecule has 0 aliphatic rings. The molecule has 21 heavy (non-hydrogen) atoms. The first-order valence-electron chi connectivity index (χ1n) is 6.47. The van der Waals surface area contributed by atoms with Crippen LogP contribution in [0.5, 0.6) is 5.75 Å². The van der Waals surface area contributed by atoms with Gasteiger partial charge in [-0.05, 0) is 30.3 Å². The first-order chi connectivity index (χ1) is 10.2. The van der Waals surface area contributed by atoms with Crippen LogP contribution in [0.2, 0.25) is 0 Å². The molecule has 0 aliphatic heterocycles. The standard InChI is InChI=1S/C15H14N4O2/c1-18-9-6-12(17-18)11-21-14-5-3-8-19(15(14)20)13-4-2-7-16-10-13/h2-10H,11H2,1H3. The largest absolute Gasteiger partial charge is 0.481 e. The zero-order chi connectivity index (χ0) is 14.7. The van der Waals surface area contributed by atoms with Gasteiger partial charge < -0.3 is 4.74 Å². The number of hydrogen-bond acceptors (Lipinski definition) is 4. The molecule has 0 aliphatic carbocycles. The zero-order valence-corrected chi connectivity index (χ0v) is 11.5.